The third-order valence-corrected chi connectivity index (χ3v) is 2.24. The van der Waals surface area contributed by atoms with Crippen molar-refractivity contribution < 1.29 is 0 Å². The predicted molar refractivity (Wildman–Crippen MR) is 59.0 cm³/mol. The van der Waals surface area contributed by atoms with Gasteiger partial charge < -0.3 is 0 Å². The molecule has 0 N–H and O–H groups in total. The second kappa shape index (κ2) is 3.68. The normalized spacial score (nSPS) is 9.92. The maximum Gasteiger partial charge on any atom is 0.0569 e. The first-order valence-corrected chi connectivity index (χ1v) is 4.71. The number of hydrogen-bond acceptors (Lipinski definition) is 1. The molecule has 1 unspecified atom stereocenters. The van der Waals surface area contributed by atoms with Gasteiger partial charge in [0, 0.05) is 11.8 Å². The van der Waals surface area contributed by atoms with E-state index in [0.29, 0.717) is 0 Å². The highest BCUT2D eigenvalue weighted by Gasteiger charge is 1.94. The maximum absolute atomic E-state index is 4.22. The highest BCUT2D eigenvalue weighted by molar-refractivity contribution is 7.26. The third kappa shape index (κ3) is 1.93. The SMILES string of the molecule is Pc1ccc(-c2ccccc2)cn1. The van der Waals surface area contributed by atoms with Crippen LogP contribution >= 0.6 is 9.24 Å². The molecule has 2 aromatic rings. The molecule has 0 spiro atoms. The number of rotatable bonds is 1. The minimum Gasteiger partial charge on any atom is -0.256 e. The van der Waals surface area contributed by atoms with Gasteiger partial charge >= 0.3 is 0 Å². The number of hydrogen-bond donors (Lipinski definition) is 0. The molecule has 64 valence electrons. The van der Waals surface area contributed by atoms with E-state index in [-0.39, 0.29) is 0 Å². The van der Waals surface area contributed by atoms with Gasteiger partial charge in [-0.15, -0.1) is 0 Å². The molecular weight excluding hydrogens is 177 g/mol. The van der Waals surface area contributed by atoms with Gasteiger partial charge in [0.05, 0.1) is 5.44 Å². The number of benzene rings is 1. The van der Waals surface area contributed by atoms with Crippen molar-refractivity contribution in [1.29, 1.82) is 0 Å². The summed E-state index contributed by atoms with van der Waals surface area (Å²) in [5.74, 6) is 0. The van der Waals surface area contributed by atoms with Crippen molar-refractivity contribution in [1.82, 2.24) is 4.98 Å². The Kier molecular flexibility index (Phi) is 2.37. The molecule has 0 amide bonds. The van der Waals surface area contributed by atoms with Crippen molar-refractivity contribution in [3.63, 3.8) is 0 Å². The molecule has 2 rings (SSSR count). The Bertz CT molecular complexity index is 381. The molecule has 1 atom stereocenters. The molecule has 0 radical (unpaired) electrons. The molecule has 13 heavy (non-hydrogen) atoms. The molecule has 0 aliphatic carbocycles. The average Bonchev–Trinajstić information content (AvgIpc) is 2.20. The van der Waals surface area contributed by atoms with Crippen LogP contribution in [0.5, 0.6) is 0 Å². The molecule has 0 fully saturated rings. The van der Waals surface area contributed by atoms with Gasteiger partial charge in [0.2, 0.25) is 0 Å². The Balaban J connectivity index is 2.42. The summed E-state index contributed by atoms with van der Waals surface area (Å²) in [5, 5.41) is 0. The molecular formula is C11H10NP. The lowest BCUT2D eigenvalue weighted by Gasteiger charge is -1.99. The van der Waals surface area contributed by atoms with E-state index in [1.165, 1.54) is 5.56 Å². The second-order valence-electron chi connectivity index (χ2n) is 2.84. The summed E-state index contributed by atoms with van der Waals surface area (Å²) in [4.78, 5) is 4.22. The first kappa shape index (κ1) is 8.40. The van der Waals surface area contributed by atoms with E-state index < -0.39 is 0 Å². The third-order valence-electron chi connectivity index (χ3n) is 1.89. The molecule has 1 aromatic heterocycles. The zero-order valence-corrected chi connectivity index (χ0v) is 8.30. The zero-order chi connectivity index (χ0) is 9.10. The Morgan fingerprint density at radius 3 is 2.23 bits per heavy atom. The average molecular weight is 187 g/mol. The second-order valence-corrected chi connectivity index (χ2v) is 3.43. The van der Waals surface area contributed by atoms with Crippen LogP contribution in [-0.2, 0) is 0 Å². The summed E-state index contributed by atoms with van der Waals surface area (Å²) >= 11 is 0. The zero-order valence-electron chi connectivity index (χ0n) is 7.14. The Hall–Kier alpha value is -1.20. The number of aromatic nitrogens is 1. The quantitative estimate of drug-likeness (QED) is 0.624. The van der Waals surface area contributed by atoms with Crippen LogP contribution in [0.4, 0.5) is 0 Å². The van der Waals surface area contributed by atoms with Gasteiger partial charge in [-0.3, -0.25) is 4.98 Å². The number of nitrogens with zero attached hydrogens (tertiary/aromatic N) is 1. The molecule has 1 heterocycles. The Labute approximate surface area is 80.0 Å². The smallest absolute Gasteiger partial charge is 0.0569 e. The van der Waals surface area contributed by atoms with Crippen LogP contribution in [0.2, 0.25) is 0 Å². The maximum atomic E-state index is 4.22. The lowest BCUT2D eigenvalue weighted by Crippen LogP contribution is -1.94. The van der Waals surface area contributed by atoms with Crippen LogP contribution in [0, 0.1) is 0 Å². The summed E-state index contributed by atoms with van der Waals surface area (Å²) in [5.41, 5.74) is 3.34. The van der Waals surface area contributed by atoms with Gasteiger partial charge in [-0.1, -0.05) is 45.6 Å². The van der Waals surface area contributed by atoms with Crippen LogP contribution in [0.15, 0.2) is 48.7 Å². The van der Waals surface area contributed by atoms with E-state index >= 15 is 0 Å². The van der Waals surface area contributed by atoms with Gasteiger partial charge in [-0.05, 0) is 11.6 Å². The topological polar surface area (TPSA) is 12.9 Å². The summed E-state index contributed by atoms with van der Waals surface area (Å²) in [7, 11) is 2.58. The van der Waals surface area contributed by atoms with E-state index in [2.05, 4.69) is 32.4 Å². The van der Waals surface area contributed by atoms with E-state index in [0.717, 1.165) is 11.0 Å². The molecule has 0 aliphatic heterocycles. The highest BCUT2D eigenvalue weighted by Crippen LogP contribution is 2.16. The van der Waals surface area contributed by atoms with Crippen LogP contribution in [0.3, 0.4) is 0 Å². The standard InChI is InChI=1S/C11H10NP/c13-11-7-6-10(8-12-11)9-4-2-1-3-5-9/h1-8H,13H2. The van der Waals surface area contributed by atoms with E-state index in [4.69, 9.17) is 0 Å². The molecule has 1 aromatic carbocycles. The fourth-order valence-electron chi connectivity index (χ4n) is 1.21. The van der Waals surface area contributed by atoms with Gasteiger partial charge in [0.1, 0.15) is 0 Å². The monoisotopic (exact) mass is 187 g/mol. The first-order chi connectivity index (χ1) is 6.36. The summed E-state index contributed by atoms with van der Waals surface area (Å²) in [6, 6.07) is 14.3. The first-order valence-electron chi connectivity index (χ1n) is 4.13. The lowest BCUT2D eigenvalue weighted by molar-refractivity contribution is 1.39. The van der Waals surface area contributed by atoms with Crippen LogP contribution < -0.4 is 5.44 Å². The van der Waals surface area contributed by atoms with Gasteiger partial charge in [0.15, 0.2) is 0 Å². The summed E-state index contributed by atoms with van der Waals surface area (Å²) in [6.45, 7) is 0. The van der Waals surface area contributed by atoms with Crippen molar-refractivity contribution in [3.8, 4) is 11.1 Å². The molecule has 2 heteroatoms. The van der Waals surface area contributed by atoms with Crippen LogP contribution in [0.1, 0.15) is 0 Å². The Morgan fingerprint density at radius 1 is 0.846 bits per heavy atom. The van der Waals surface area contributed by atoms with Gasteiger partial charge in [-0.2, -0.15) is 0 Å². The molecule has 0 saturated carbocycles. The fraction of sp³-hybridized carbons (Fsp3) is 0. The van der Waals surface area contributed by atoms with Crippen molar-refractivity contribution in [2.75, 3.05) is 0 Å². The lowest BCUT2D eigenvalue weighted by atomic mass is 10.1. The number of pyridine rings is 1. The van der Waals surface area contributed by atoms with Crippen LogP contribution in [0.25, 0.3) is 11.1 Å². The molecule has 0 aliphatic rings. The minimum absolute atomic E-state index is 0.972. The van der Waals surface area contributed by atoms with Crippen molar-refractivity contribution in [2.24, 2.45) is 0 Å². The molecule has 0 bridgehead atoms. The van der Waals surface area contributed by atoms with Gasteiger partial charge in [-0.25, -0.2) is 0 Å². The minimum atomic E-state index is 0.972. The largest absolute Gasteiger partial charge is 0.256 e. The predicted octanol–water partition coefficient (Wildman–Crippen LogP) is 2.25. The van der Waals surface area contributed by atoms with Crippen LogP contribution in [-0.4, -0.2) is 4.98 Å². The van der Waals surface area contributed by atoms with Gasteiger partial charge in [0.25, 0.3) is 0 Å². The summed E-state index contributed by atoms with van der Waals surface area (Å²) < 4.78 is 0. The summed E-state index contributed by atoms with van der Waals surface area (Å²) in [6.07, 6.45) is 1.89. The molecule has 1 nitrogen and oxygen atoms in total. The van der Waals surface area contributed by atoms with Crippen molar-refractivity contribution in [2.45, 2.75) is 0 Å². The molecule has 0 saturated heterocycles. The fourth-order valence-corrected chi connectivity index (χ4v) is 1.38. The van der Waals surface area contributed by atoms with Crippen molar-refractivity contribution >= 4 is 14.7 Å². The highest BCUT2D eigenvalue weighted by atomic mass is 31.0. The van der Waals surface area contributed by atoms with E-state index in [1.54, 1.807) is 0 Å². The van der Waals surface area contributed by atoms with Crippen molar-refractivity contribution in [3.05, 3.63) is 48.7 Å². The van der Waals surface area contributed by atoms with E-state index in [1.807, 2.05) is 30.5 Å². The van der Waals surface area contributed by atoms with E-state index in [9.17, 15) is 0 Å². The Morgan fingerprint density at radius 2 is 1.62 bits per heavy atom.